The molecule has 0 aliphatic heterocycles. The third kappa shape index (κ3) is 6.63. The smallest absolute Gasteiger partial charge is 0.304 e. The maximum Gasteiger partial charge on any atom is 0.304 e. The highest BCUT2D eigenvalue weighted by molar-refractivity contribution is 8.14. The lowest BCUT2D eigenvalue weighted by atomic mass is 10.1. The van der Waals surface area contributed by atoms with Gasteiger partial charge >= 0.3 is 5.97 Å². The Kier molecular flexibility index (Phi) is 5.06. The minimum absolute atomic E-state index is 0.0210. The summed E-state index contributed by atoms with van der Waals surface area (Å²) in [6.07, 6.45) is 1.36. The molecule has 0 amide bonds. The fourth-order valence-electron chi connectivity index (χ4n) is 0.964. The SMILES string of the molecule is CCCC(=O)SC(C)(C)CC(=O)O. The van der Waals surface area contributed by atoms with Crippen LogP contribution in [0.15, 0.2) is 0 Å². The largest absolute Gasteiger partial charge is 0.481 e. The predicted octanol–water partition coefficient (Wildman–Crippen LogP) is 2.30. The number of hydrogen-bond donors (Lipinski definition) is 1. The molecule has 0 aromatic rings. The second-order valence-electron chi connectivity index (χ2n) is 3.55. The molecule has 0 aromatic carbocycles. The van der Waals surface area contributed by atoms with Gasteiger partial charge in [-0.05, 0) is 20.3 Å². The Balaban J connectivity index is 4.00. The van der Waals surface area contributed by atoms with Gasteiger partial charge in [0.2, 0.25) is 0 Å². The molecule has 0 unspecified atom stereocenters. The van der Waals surface area contributed by atoms with E-state index in [4.69, 9.17) is 5.11 Å². The van der Waals surface area contributed by atoms with Gasteiger partial charge in [0.15, 0.2) is 5.12 Å². The van der Waals surface area contributed by atoms with E-state index in [1.54, 1.807) is 13.8 Å². The fourth-order valence-corrected chi connectivity index (χ4v) is 2.08. The van der Waals surface area contributed by atoms with Crippen molar-refractivity contribution >= 4 is 22.8 Å². The Labute approximate surface area is 82.9 Å². The first kappa shape index (κ1) is 12.5. The molecule has 0 saturated carbocycles. The lowest BCUT2D eigenvalue weighted by molar-refractivity contribution is -0.137. The van der Waals surface area contributed by atoms with Crippen LogP contribution in [0.3, 0.4) is 0 Å². The molecule has 1 N–H and O–H groups in total. The summed E-state index contributed by atoms with van der Waals surface area (Å²) in [7, 11) is 0. The average Bonchev–Trinajstić information content (AvgIpc) is 1.81. The number of carbonyl (C=O) groups is 2. The molecule has 0 radical (unpaired) electrons. The maximum absolute atomic E-state index is 11.2. The summed E-state index contributed by atoms with van der Waals surface area (Å²) in [5, 5.41) is 8.64. The highest BCUT2D eigenvalue weighted by Gasteiger charge is 2.25. The Morgan fingerprint density at radius 3 is 2.31 bits per heavy atom. The Hall–Kier alpha value is -0.510. The second-order valence-corrected chi connectivity index (χ2v) is 5.32. The number of carboxylic acids is 1. The van der Waals surface area contributed by atoms with Gasteiger partial charge in [-0.25, -0.2) is 0 Å². The summed E-state index contributed by atoms with van der Waals surface area (Å²) in [5.74, 6) is -0.859. The third-order valence-corrected chi connectivity index (χ3v) is 2.55. The van der Waals surface area contributed by atoms with E-state index in [2.05, 4.69) is 0 Å². The molecular formula is C9H16O3S. The summed E-state index contributed by atoms with van der Waals surface area (Å²) >= 11 is 1.14. The zero-order valence-corrected chi connectivity index (χ0v) is 9.11. The molecule has 0 atom stereocenters. The number of carboxylic acid groups (broad SMARTS) is 1. The highest BCUT2D eigenvalue weighted by Crippen LogP contribution is 2.29. The quantitative estimate of drug-likeness (QED) is 0.746. The van der Waals surface area contributed by atoms with Crippen LogP contribution in [0.2, 0.25) is 0 Å². The van der Waals surface area contributed by atoms with Gasteiger partial charge in [-0.3, -0.25) is 9.59 Å². The van der Waals surface area contributed by atoms with Crippen LogP contribution in [-0.4, -0.2) is 20.9 Å². The van der Waals surface area contributed by atoms with Gasteiger partial charge in [0.05, 0.1) is 6.42 Å². The molecule has 13 heavy (non-hydrogen) atoms. The monoisotopic (exact) mass is 204 g/mol. The Morgan fingerprint density at radius 2 is 1.92 bits per heavy atom. The third-order valence-electron chi connectivity index (χ3n) is 1.42. The van der Waals surface area contributed by atoms with E-state index in [0.717, 1.165) is 18.2 Å². The van der Waals surface area contributed by atoms with E-state index in [1.807, 2.05) is 6.92 Å². The van der Waals surface area contributed by atoms with Crippen LogP contribution in [0, 0.1) is 0 Å². The van der Waals surface area contributed by atoms with Crippen molar-refractivity contribution in [1.29, 1.82) is 0 Å². The minimum Gasteiger partial charge on any atom is -0.481 e. The van der Waals surface area contributed by atoms with Crippen molar-refractivity contribution in [3.05, 3.63) is 0 Å². The van der Waals surface area contributed by atoms with E-state index in [0.29, 0.717) is 6.42 Å². The van der Waals surface area contributed by atoms with Crippen LogP contribution in [0.4, 0.5) is 0 Å². The Morgan fingerprint density at radius 1 is 1.38 bits per heavy atom. The van der Waals surface area contributed by atoms with Crippen LogP contribution in [0.25, 0.3) is 0 Å². The van der Waals surface area contributed by atoms with Gasteiger partial charge in [-0.15, -0.1) is 0 Å². The van der Waals surface area contributed by atoms with E-state index < -0.39 is 10.7 Å². The number of rotatable bonds is 5. The zero-order valence-electron chi connectivity index (χ0n) is 8.29. The molecule has 76 valence electrons. The van der Waals surface area contributed by atoms with Crippen molar-refractivity contribution in [2.75, 3.05) is 0 Å². The normalized spacial score (nSPS) is 11.3. The van der Waals surface area contributed by atoms with Gasteiger partial charge in [0.25, 0.3) is 0 Å². The molecular weight excluding hydrogens is 188 g/mol. The lowest BCUT2D eigenvalue weighted by Gasteiger charge is -2.20. The average molecular weight is 204 g/mol. The number of aliphatic carboxylic acids is 1. The molecule has 0 heterocycles. The van der Waals surface area contributed by atoms with Crippen molar-refractivity contribution < 1.29 is 14.7 Å². The van der Waals surface area contributed by atoms with Crippen LogP contribution >= 0.6 is 11.8 Å². The van der Waals surface area contributed by atoms with Crippen LogP contribution < -0.4 is 0 Å². The van der Waals surface area contributed by atoms with Crippen molar-refractivity contribution in [2.24, 2.45) is 0 Å². The van der Waals surface area contributed by atoms with Crippen molar-refractivity contribution in [1.82, 2.24) is 0 Å². The van der Waals surface area contributed by atoms with Crippen molar-refractivity contribution in [3.63, 3.8) is 0 Å². The molecule has 0 rings (SSSR count). The zero-order chi connectivity index (χ0) is 10.5. The van der Waals surface area contributed by atoms with E-state index >= 15 is 0 Å². The predicted molar refractivity (Wildman–Crippen MR) is 53.8 cm³/mol. The summed E-state index contributed by atoms with van der Waals surface area (Å²) in [6.45, 7) is 5.49. The molecule has 0 aliphatic carbocycles. The molecule has 0 aliphatic rings. The summed E-state index contributed by atoms with van der Waals surface area (Å²) in [5.41, 5.74) is 0. The van der Waals surface area contributed by atoms with Crippen molar-refractivity contribution in [3.8, 4) is 0 Å². The molecule has 0 saturated heterocycles. The minimum atomic E-state index is -0.859. The Bertz CT molecular complexity index is 199. The molecule has 0 bridgehead atoms. The van der Waals surface area contributed by atoms with Crippen LogP contribution in [0.1, 0.15) is 40.0 Å². The maximum atomic E-state index is 11.2. The standard InChI is InChI=1S/C9H16O3S/c1-4-5-8(12)13-9(2,3)6-7(10)11/h4-6H2,1-3H3,(H,10,11). The molecule has 0 aromatic heterocycles. The number of hydrogen-bond acceptors (Lipinski definition) is 3. The van der Waals surface area contributed by atoms with Gasteiger partial charge in [-0.1, -0.05) is 18.7 Å². The van der Waals surface area contributed by atoms with Gasteiger partial charge in [-0.2, -0.15) is 0 Å². The van der Waals surface area contributed by atoms with Crippen LogP contribution in [0.5, 0.6) is 0 Å². The number of thioether (sulfide) groups is 1. The molecule has 4 heteroatoms. The first-order valence-electron chi connectivity index (χ1n) is 4.31. The van der Waals surface area contributed by atoms with E-state index in [9.17, 15) is 9.59 Å². The highest BCUT2D eigenvalue weighted by atomic mass is 32.2. The summed E-state index contributed by atoms with van der Waals surface area (Å²) in [6, 6.07) is 0. The van der Waals surface area contributed by atoms with Gasteiger partial charge in [0, 0.05) is 11.2 Å². The first-order valence-corrected chi connectivity index (χ1v) is 5.12. The lowest BCUT2D eigenvalue weighted by Crippen LogP contribution is -2.21. The second kappa shape index (κ2) is 5.27. The van der Waals surface area contributed by atoms with Gasteiger partial charge < -0.3 is 5.11 Å². The van der Waals surface area contributed by atoms with Crippen LogP contribution in [-0.2, 0) is 9.59 Å². The molecule has 0 fully saturated rings. The summed E-state index contributed by atoms with van der Waals surface area (Å²) in [4.78, 5) is 21.6. The number of carbonyl (C=O) groups excluding carboxylic acids is 1. The first-order chi connectivity index (χ1) is 5.87. The molecule has 3 nitrogen and oxygen atoms in total. The van der Waals surface area contributed by atoms with E-state index in [1.165, 1.54) is 0 Å². The van der Waals surface area contributed by atoms with E-state index in [-0.39, 0.29) is 11.5 Å². The van der Waals surface area contributed by atoms with Crippen molar-refractivity contribution in [2.45, 2.75) is 44.8 Å². The molecule has 0 spiro atoms. The van der Waals surface area contributed by atoms with Gasteiger partial charge in [0.1, 0.15) is 0 Å². The topological polar surface area (TPSA) is 54.4 Å². The summed E-state index contributed by atoms with van der Waals surface area (Å²) < 4.78 is -0.488. The fraction of sp³-hybridized carbons (Fsp3) is 0.778.